The highest BCUT2D eigenvalue weighted by Crippen LogP contribution is 2.48. The van der Waals surface area contributed by atoms with Crippen molar-refractivity contribution in [3.8, 4) is 0 Å². The number of rotatable bonds is 25. The number of nitrogens with one attached hydrogen (secondary N) is 1. The van der Waals surface area contributed by atoms with Crippen molar-refractivity contribution in [1.29, 1.82) is 0 Å². The predicted octanol–water partition coefficient (Wildman–Crippen LogP) is 5.88. The summed E-state index contributed by atoms with van der Waals surface area (Å²) in [5.74, 6) is -1.34. The molecule has 0 bridgehead atoms. The number of anilines is 1. The Labute approximate surface area is 409 Å². The zero-order valence-corrected chi connectivity index (χ0v) is 44.0. The number of amides is 1. The van der Waals surface area contributed by atoms with Crippen LogP contribution in [0.3, 0.4) is 0 Å². The Morgan fingerprint density at radius 3 is 1.94 bits per heavy atom. The molecule has 2 aromatic rings. The third-order valence-corrected chi connectivity index (χ3v) is 16.5. The molecule has 1 amide bonds. The fraction of sp³-hybridized carbons (Fsp3) is 0.521. The van der Waals surface area contributed by atoms with Gasteiger partial charge in [0.25, 0.3) is 0 Å². The van der Waals surface area contributed by atoms with Gasteiger partial charge in [0.1, 0.15) is 22.4 Å². The number of hydrogen-bond acceptors (Lipinski definition) is 14. The maximum atomic E-state index is 13.8. The number of hydrogen-bond donors (Lipinski definition) is 1. The highest BCUT2D eigenvalue weighted by atomic mass is 32.2. The number of unbranched alkanes of at least 4 members (excludes halogenated alkanes) is 4. The third kappa shape index (κ3) is 15.6. The molecule has 0 unspecified atom stereocenters. The Bertz CT molecular complexity index is 2860. The number of allylic oxidation sites excluding steroid dienone is 8. The van der Waals surface area contributed by atoms with Crippen molar-refractivity contribution in [2.45, 2.75) is 120 Å². The molecule has 0 saturated heterocycles. The maximum absolute atomic E-state index is 13.8. The molecular formula is C48H66N4O13S4-2. The summed E-state index contributed by atoms with van der Waals surface area (Å²) in [5, 5.41) is 2.76. The van der Waals surface area contributed by atoms with Gasteiger partial charge in [-0.25, -0.2) is 33.7 Å². The van der Waals surface area contributed by atoms with Crippen LogP contribution in [0.4, 0.5) is 11.4 Å². The first kappa shape index (κ1) is 57.2. The molecule has 2 aliphatic heterocycles. The summed E-state index contributed by atoms with van der Waals surface area (Å²) in [7, 11) is -16.4. The standard InChI is InChI=1S/C48H68N4O13S4/c1-46(2,3)44(53)23-15-12-16-28-49-45(54)35-50(8)68(61,62)36-24-26-40-38(33-36)47(4,5)42(51(40)29-17-19-31-66(55,56)57)21-13-10-9-11-14-22-43-48(6,7)39-34-37(69(63,64)65)25-27-41(39)52(43)30-18-20-32-67(58,59)60/h9-11,13-14,21-22,24-27,33-34H,12,15-20,23,28-32,35H2,1-8H3,(H3-,49,54,55,56,57,58,59,60,63,64,65)/p-2. The van der Waals surface area contributed by atoms with Gasteiger partial charge in [0.15, 0.2) is 5.71 Å². The number of carbonyl (C=O) groups is 2. The lowest BCUT2D eigenvalue weighted by atomic mass is 9.81. The van der Waals surface area contributed by atoms with Crippen LogP contribution in [0, 0.1) is 5.41 Å². The number of benzene rings is 2. The molecule has 4 rings (SSSR count). The van der Waals surface area contributed by atoms with Crippen LogP contribution >= 0.6 is 0 Å². The zero-order valence-electron chi connectivity index (χ0n) is 40.7. The molecule has 0 fully saturated rings. The minimum Gasteiger partial charge on any atom is -0.748 e. The fourth-order valence-electron chi connectivity index (χ4n) is 8.40. The zero-order chi connectivity index (χ0) is 51.8. The van der Waals surface area contributed by atoms with Gasteiger partial charge in [-0.05, 0) is 87.9 Å². The Hall–Kier alpha value is -4.35. The smallest absolute Gasteiger partial charge is 0.243 e. The Morgan fingerprint density at radius 2 is 1.32 bits per heavy atom. The summed E-state index contributed by atoms with van der Waals surface area (Å²) in [6, 6.07) is 8.85. The van der Waals surface area contributed by atoms with Crippen LogP contribution in [0.25, 0.3) is 0 Å². The van der Waals surface area contributed by atoms with Crippen molar-refractivity contribution in [2.75, 3.05) is 49.6 Å². The van der Waals surface area contributed by atoms with Crippen molar-refractivity contribution >= 4 is 69.2 Å². The second kappa shape index (κ2) is 22.8. The number of likely N-dealkylation sites (N-methyl/N-ethyl adjacent to an activating group) is 1. The van der Waals surface area contributed by atoms with Crippen LogP contribution in [0.2, 0.25) is 0 Å². The van der Waals surface area contributed by atoms with Crippen molar-refractivity contribution in [1.82, 2.24) is 9.62 Å². The molecule has 0 aliphatic carbocycles. The van der Waals surface area contributed by atoms with Crippen LogP contribution < -0.4 is 10.2 Å². The van der Waals surface area contributed by atoms with Crippen LogP contribution in [0.5, 0.6) is 0 Å². The SMILES string of the molecule is CN(CC(=O)NCCCCCC(=O)C(C)(C)C)S(=O)(=O)c1ccc2c(c1)C(C)(C)C(/C=C/C=C/C=C/C=C1/N(CCCCS(=O)(=O)[O-])c3ccc(S(=O)(=O)[O-])cc3C1(C)C)=[N+]2CCCCS(=O)(=O)[O-]. The van der Waals surface area contributed by atoms with Gasteiger partial charge in [0.05, 0.1) is 42.0 Å². The Kier molecular flexibility index (Phi) is 18.9. The lowest BCUT2D eigenvalue weighted by Crippen LogP contribution is -2.38. The van der Waals surface area contributed by atoms with Crippen molar-refractivity contribution in [3.63, 3.8) is 0 Å². The number of nitrogens with zero attached hydrogens (tertiary/aromatic N) is 3. The van der Waals surface area contributed by atoms with E-state index in [0.717, 1.165) is 22.1 Å². The second-order valence-electron chi connectivity index (χ2n) is 19.5. The molecule has 382 valence electrons. The van der Waals surface area contributed by atoms with Crippen molar-refractivity contribution in [3.05, 3.63) is 95.8 Å². The highest BCUT2D eigenvalue weighted by Gasteiger charge is 2.45. The summed E-state index contributed by atoms with van der Waals surface area (Å²) in [6.45, 7) is 13.8. The molecule has 0 saturated carbocycles. The topological polar surface area (TPSA) is 261 Å². The molecule has 2 aromatic carbocycles. The van der Waals surface area contributed by atoms with Gasteiger partial charge in [-0.3, -0.25) is 9.59 Å². The van der Waals surface area contributed by atoms with Crippen molar-refractivity contribution < 1.29 is 61.5 Å². The molecular weight excluding hydrogens is 969 g/mol. The van der Waals surface area contributed by atoms with Gasteiger partial charge in [0.2, 0.25) is 21.6 Å². The molecule has 17 nitrogen and oxygen atoms in total. The van der Waals surface area contributed by atoms with Crippen LogP contribution in [0.15, 0.2) is 94.4 Å². The van der Waals surface area contributed by atoms with E-state index >= 15 is 0 Å². The predicted molar refractivity (Wildman–Crippen MR) is 263 cm³/mol. The number of Topliss-reactive ketones (excluding diaryl/α,β-unsaturated/α-hetero) is 1. The summed E-state index contributed by atoms with van der Waals surface area (Å²) in [5.41, 5.74) is 2.20. The average molecular weight is 1040 g/mol. The maximum Gasteiger partial charge on any atom is 0.243 e. The van der Waals surface area contributed by atoms with Gasteiger partial charge < -0.3 is 23.9 Å². The van der Waals surface area contributed by atoms with Crippen molar-refractivity contribution in [2.24, 2.45) is 5.41 Å². The van der Waals surface area contributed by atoms with E-state index in [4.69, 9.17) is 0 Å². The monoisotopic (exact) mass is 1030 g/mol. The summed E-state index contributed by atoms with van der Waals surface area (Å²) in [6.07, 6.45) is 16.0. The summed E-state index contributed by atoms with van der Waals surface area (Å²) in [4.78, 5) is 26.5. The summed E-state index contributed by atoms with van der Waals surface area (Å²) < 4.78 is 134. The minimum atomic E-state index is -4.75. The van der Waals surface area contributed by atoms with Gasteiger partial charge >= 0.3 is 0 Å². The molecule has 69 heavy (non-hydrogen) atoms. The van der Waals surface area contributed by atoms with E-state index in [2.05, 4.69) is 5.32 Å². The summed E-state index contributed by atoms with van der Waals surface area (Å²) >= 11 is 0. The highest BCUT2D eigenvalue weighted by molar-refractivity contribution is 7.89. The first-order valence-electron chi connectivity index (χ1n) is 22.8. The molecule has 21 heteroatoms. The lowest BCUT2D eigenvalue weighted by Gasteiger charge is -2.27. The largest absolute Gasteiger partial charge is 0.748 e. The Balaban J connectivity index is 1.53. The molecule has 0 spiro atoms. The van der Waals surface area contributed by atoms with E-state index in [-0.39, 0.29) is 28.4 Å². The first-order chi connectivity index (χ1) is 31.8. The Morgan fingerprint density at radius 1 is 0.725 bits per heavy atom. The fourth-order valence-corrected chi connectivity index (χ4v) is 11.2. The third-order valence-electron chi connectivity index (χ3n) is 12.3. The first-order valence-corrected chi connectivity index (χ1v) is 28.8. The van der Waals surface area contributed by atoms with Crippen LogP contribution in [0.1, 0.15) is 111 Å². The number of carbonyl (C=O) groups excluding carboxylic acids is 2. The molecule has 2 aliphatic rings. The normalized spacial score (nSPS) is 17.0. The number of ketones is 1. The van der Waals surface area contributed by atoms with Gasteiger partial charge in [0, 0.05) is 84.4 Å². The van der Waals surface area contributed by atoms with E-state index in [9.17, 15) is 56.9 Å². The van der Waals surface area contributed by atoms with E-state index in [1.165, 1.54) is 25.2 Å². The van der Waals surface area contributed by atoms with Gasteiger partial charge in [-0.2, -0.15) is 8.88 Å². The van der Waals surface area contributed by atoms with E-state index in [0.29, 0.717) is 74.2 Å². The van der Waals surface area contributed by atoms with Crippen LogP contribution in [-0.2, 0) is 60.8 Å². The molecule has 2 heterocycles. The minimum absolute atomic E-state index is 0.0201. The second-order valence-corrected chi connectivity index (χ2v) is 25.9. The molecule has 0 atom stereocenters. The van der Waals surface area contributed by atoms with Gasteiger partial charge in [-0.15, -0.1) is 0 Å². The van der Waals surface area contributed by atoms with E-state index < -0.39 is 80.6 Å². The molecule has 0 radical (unpaired) electrons. The van der Waals surface area contributed by atoms with Gasteiger partial charge in [-0.1, -0.05) is 71.4 Å². The van der Waals surface area contributed by atoms with Crippen LogP contribution in [-0.4, -0.2) is 118 Å². The quantitative estimate of drug-likeness (QED) is 0.0527. The average Bonchev–Trinajstić information content (AvgIpc) is 3.57. The van der Waals surface area contributed by atoms with E-state index in [1.54, 1.807) is 48.6 Å². The number of fused-ring (bicyclic) bond motifs is 2. The number of sulfonamides is 1. The molecule has 1 N–H and O–H groups in total. The van der Waals surface area contributed by atoms with E-state index in [1.807, 2.05) is 70.1 Å². The molecule has 0 aromatic heterocycles. The lowest BCUT2D eigenvalue weighted by molar-refractivity contribution is -0.438.